The minimum Gasteiger partial charge on any atom is -0.384 e. The minimum absolute atomic E-state index is 0.0549. The van der Waals surface area contributed by atoms with Crippen LogP contribution in [0, 0.1) is 0 Å². The molecule has 232 valence electrons. The fourth-order valence-electron chi connectivity index (χ4n) is 6.01. The van der Waals surface area contributed by atoms with E-state index < -0.39 is 29.1 Å². The number of piperazine rings is 1. The molecule has 2 fully saturated rings. The number of halogens is 8. The van der Waals surface area contributed by atoms with Gasteiger partial charge in [-0.1, -0.05) is 59.6 Å². The van der Waals surface area contributed by atoms with E-state index in [0.29, 0.717) is 55.7 Å². The van der Waals surface area contributed by atoms with Gasteiger partial charge in [0.05, 0.1) is 21.2 Å². The van der Waals surface area contributed by atoms with Gasteiger partial charge >= 0.3 is 12.4 Å². The van der Waals surface area contributed by atoms with Gasteiger partial charge in [0.25, 0.3) is 0 Å². The van der Waals surface area contributed by atoms with E-state index in [1.54, 1.807) is 12.1 Å². The van der Waals surface area contributed by atoms with Crippen molar-refractivity contribution in [3.05, 3.63) is 105 Å². The first-order valence-electron chi connectivity index (χ1n) is 13.9. The Kier molecular flexibility index (Phi) is 9.38. The van der Waals surface area contributed by atoms with Crippen LogP contribution in [0.25, 0.3) is 0 Å². The van der Waals surface area contributed by atoms with E-state index in [9.17, 15) is 31.4 Å². The van der Waals surface area contributed by atoms with Crippen LogP contribution in [0.5, 0.6) is 0 Å². The molecule has 0 bridgehead atoms. The lowest BCUT2D eigenvalue weighted by molar-refractivity contribution is -0.143. The SMILES string of the molecule is OC1(c2ccccc2)CCN(CCN2CCN(Cc3cc(C(F)(F)F)cc(C(F)(F)F)c3)CC2c2ccc(Cl)c(Cl)c2)C1. The molecule has 2 heterocycles. The van der Waals surface area contributed by atoms with Crippen molar-refractivity contribution >= 4 is 23.2 Å². The number of nitrogens with zero attached hydrogens (tertiary/aromatic N) is 3. The van der Waals surface area contributed by atoms with Gasteiger partial charge in [-0.3, -0.25) is 14.7 Å². The van der Waals surface area contributed by atoms with Crippen LogP contribution < -0.4 is 0 Å². The molecule has 43 heavy (non-hydrogen) atoms. The summed E-state index contributed by atoms with van der Waals surface area (Å²) in [6, 6.07) is 16.3. The number of likely N-dealkylation sites (tertiary alicyclic amines) is 1. The first-order chi connectivity index (χ1) is 20.2. The Balaban J connectivity index is 1.32. The smallest absolute Gasteiger partial charge is 0.384 e. The van der Waals surface area contributed by atoms with Gasteiger partial charge in [0.1, 0.15) is 5.60 Å². The lowest BCUT2D eigenvalue weighted by Gasteiger charge is -2.42. The molecule has 4 nitrogen and oxygen atoms in total. The van der Waals surface area contributed by atoms with Gasteiger partial charge in [0.2, 0.25) is 0 Å². The summed E-state index contributed by atoms with van der Waals surface area (Å²) in [5.74, 6) is 0. The Labute approximate surface area is 256 Å². The molecule has 2 unspecified atom stereocenters. The largest absolute Gasteiger partial charge is 0.416 e. The van der Waals surface area contributed by atoms with Crippen molar-refractivity contribution in [2.24, 2.45) is 0 Å². The highest BCUT2D eigenvalue weighted by Crippen LogP contribution is 2.38. The molecular formula is C31H31Cl2F6N3O. The lowest BCUT2D eigenvalue weighted by Crippen LogP contribution is -2.50. The van der Waals surface area contributed by atoms with E-state index >= 15 is 0 Å². The third-order valence-corrected chi connectivity index (χ3v) is 9.04. The highest BCUT2D eigenvalue weighted by Gasteiger charge is 2.39. The van der Waals surface area contributed by atoms with Crippen molar-refractivity contribution < 1.29 is 31.4 Å². The number of hydrogen-bond donors (Lipinski definition) is 1. The molecule has 0 spiro atoms. The van der Waals surface area contributed by atoms with Crippen molar-refractivity contribution in [1.29, 1.82) is 0 Å². The highest BCUT2D eigenvalue weighted by atomic mass is 35.5. The van der Waals surface area contributed by atoms with Crippen LogP contribution in [0.15, 0.2) is 66.7 Å². The Hall–Kier alpha value is -2.34. The van der Waals surface area contributed by atoms with Gasteiger partial charge in [-0.05, 0) is 53.4 Å². The summed E-state index contributed by atoms with van der Waals surface area (Å²) in [4.78, 5) is 6.30. The number of benzene rings is 3. The fourth-order valence-corrected chi connectivity index (χ4v) is 6.32. The number of alkyl halides is 6. The predicted octanol–water partition coefficient (Wildman–Crippen LogP) is 7.48. The van der Waals surface area contributed by atoms with Gasteiger partial charge in [0.15, 0.2) is 0 Å². The molecule has 3 aromatic rings. The van der Waals surface area contributed by atoms with Crippen molar-refractivity contribution in [1.82, 2.24) is 14.7 Å². The molecule has 3 aromatic carbocycles. The molecule has 12 heteroatoms. The first kappa shape index (κ1) is 32.1. The van der Waals surface area contributed by atoms with Crippen LogP contribution in [0.2, 0.25) is 10.0 Å². The third kappa shape index (κ3) is 7.67. The quantitative estimate of drug-likeness (QED) is 0.270. The minimum atomic E-state index is -4.90. The molecule has 2 aliphatic rings. The fraction of sp³-hybridized carbons (Fsp3) is 0.419. The van der Waals surface area contributed by atoms with Crippen LogP contribution in [-0.2, 0) is 24.5 Å². The summed E-state index contributed by atoms with van der Waals surface area (Å²) in [6.45, 7) is 3.81. The molecule has 0 radical (unpaired) electrons. The summed E-state index contributed by atoms with van der Waals surface area (Å²) < 4.78 is 80.7. The molecule has 2 aliphatic heterocycles. The maximum atomic E-state index is 13.4. The van der Waals surface area contributed by atoms with Crippen LogP contribution >= 0.6 is 23.2 Å². The zero-order valence-electron chi connectivity index (χ0n) is 23.1. The topological polar surface area (TPSA) is 30.0 Å². The van der Waals surface area contributed by atoms with Crippen molar-refractivity contribution in [3.8, 4) is 0 Å². The maximum Gasteiger partial charge on any atom is 0.416 e. The molecule has 0 amide bonds. The normalized spacial score (nSPS) is 22.8. The second-order valence-corrected chi connectivity index (χ2v) is 12.1. The predicted molar refractivity (Wildman–Crippen MR) is 154 cm³/mol. The summed E-state index contributed by atoms with van der Waals surface area (Å²) in [5.41, 5.74) is -1.90. The second kappa shape index (κ2) is 12.6. The Bertz CT molecular complexity index is 1390. The zero-order valence-corrected chi connectivity index (χ0v) is 24.6. The van der Waals surface area contributed by atoms with Gasteiger partial charge in [-0.2, -0.15) is 26.3 Å². The number of hydrogen-bond acceptors (Lipinski definition) is 4. The molecule has 0 saturated carbocycles. The lowest BCUT2D eigenvalue weighted by atomic mass is 9.93. The van der Waals surface area contributed by atoms with Crippen LogP contribution in [-0.4, -0.2) is 65.6 Å². The van der Waals surface area contributed by atoms with E-state index in [1.165, 1.54) is 0 Å². The molecule has 5 rings (SSSR count). The van der Waals surface area contributed by atoms with Gasteiger partial charge in [-0.15, -0.1) is 0 Å². The second-order valence-electron chi connectivity index (χ2n) is 11.3. The molecule has 0 aliphatic carbocycles. The Morgan fingerprint density at radius 2 is 1.44 bits per heavy atom. The van der Waals surface area contributed by atoms with Gasteiger partial charge < -0.3 is 5.11 Å². The number of aliphatic hydroxyl groups is 1. The number of β-amino-alcohol motifs (C(OH)–C–C–N with tert-alkyl or cyclic N) is 1. The van der Waals surface area contributed by atoms with E-state index in [2.05, 4.69) is 9.80 Å². The van der Waals surface area contributed by atoms with Crippen molar-refractivity contribution in [2.75, 3.05) is 45.8 Å². The molecule has 2 atom stereocenters. The summed E-state index contributed by atoms with van der Waals surface area (Å²) in [7, 11) is 0. The molecule has 1 N–H and O–H groups in total. The van der Waals surface area contributed by atoms with Crippen LogP contribution in [0.4, 0.5) is 26.3 Å². The zero-order chi connectivity index (χ0) is 31.0. The average molecular weight is 647 g/mol. The van der Waals surface area contributed by atoms with Gasteiger partial charge in [-0.25, -0.2) is 0 Å². The molecule has 0 aromatic heterocycles. The summed E-state index contributed by atoms with van der Waals surface area (Å²) >= 11 is 12.5. The maximum absolute atomic E-state index is 13.4. The van der Waals surface area contributed by atoms with E-state index in [0.717, 1.165) is 29.8 Å². The van der Waals surface area contributed by atoms with Crippen molar-refractivity contribution in [3.63, 3.8) is 0 Å². The van der Waals surface area contributed by atoms with Crippen molar-refractivity contribution in [2.45, 2.75) is 37.0 Å². The highest BCUT2D eigenvalue weighted by molar-refractivity contribution is 6.42. The summed E-state index contributed by atoms with van der Waals surface area (Å²) in [6.07, 6.45) is -9.20. The molecular weight excluding hydrogens is 615 g/mol. The third-order valence-electron chi connectivity index (χ3n) is 8.30. The van der Waals surface area contributed by atoms with Crippen LogP contribution in [0.1, 0.15) is 40.3 Å². The molecule has 2 saturated heterocycles. The Morgan fingerprint density at radius 1 is 0.767 bits per heavy atom. The van der Waals surface area contributed by atoms with Crippen LogP contribution in [0.3, 0.4) is 0 Å². The van der Waals surface area contributed by atoms with Gasteiger partial charge in [0, 0.05) is 58.4 Å². The summed E-state index contributed by atoms with van der Waals surface area (Å²) in [5, 5.41) is 12.0. The van der Waals surface area contributed by atoms with E-state index in [4.69, 9.17) is 23.2 Å². The number of rotatable bonds is 7. The Morgan fingerprint density at radius 3 is 2.07 bits per heavy atom. The van der Waals surface area contributed by atoms with E-state index in [-0.39, 0.29) is 24.2 Å². The average Bonchev–Trinajstić information content (AvgIpc) is 3.35. The van der Waals surface area contributed by atoms with E-state index in [1.807, 2.05) is 41.3 Å². The standard InChI is InChI=1S/C31H31Cl2F6N3O/c32-26-7-6-22(16-27(26)33)28-19-41(18-21-14-24(30(34,35)36)17-25(15-21)31(37,38)39)11-13-42(28)12-10-40-9-8-29(43,20-40)23-4-2-1-3-5-23/h1-7,14-17,28,43H,8-13,18-20H2. The monoisotopic (exact) mass is 645 g/mol. The first-order valence-corrected chi connectivity index (χ1v) is 14.7.